The lowest BCUT2D eigenvalue weighted by atomic mass is 10.0. The Balaban J connectivity index is 1.49. The molecule has 0 unspecified atom stereocenters. The third-order valence-electron chi connectivity index (χ3n) is 5.77. The summed E-state index contributed by atoms with van der Waals surface area (Å²) >= 11 is 0. The minimum atomic E-state index is -1.34. The standard InChI is InChI=1S/C32H18O8/c33-29(34)25-15-9-21(17-27(25)31(37)38)3-1-19-5-11-23(12-6-19)24-13-7-20(8-14-24)2-4-22-10-16-26(30(35)36)28(18-22)32(39)40/h5-18H,(H,33,34)(H,35,36)(H,37,38)(H,39,40). The summed E-state index contributed by atoms with van der Waals surface area (Å²) in [7, 11) is 0. The maximum atomic E-state index is 11.4. The third-order valence-corrected chi connectivity index (χ3v) is 5.77. The lowest BCUT2D eigenvalue weighted by Gasteiger charge is -2.03. The molecule has 0 bridgehead atoms. The molecule has 4 aromatic rings. The van der Waals surface area contributed by atoms with Gasteiger partial charge >= 0.3 is 23.9 Å². The summed E-state index contributed by atoms with van der Waals surface area (Å²) in [5.41, 5.74) is 2.68. The second-order valence-electron chi connectivity index (χ2n) is 8.40. The largest absolute Gasteiger partial charge is 0.478 e. The van der Waals surface area contributed by atoms with E-state index in [-0.39, 0.29) is 22.3 Å². The Bertz CT molecular complexity index is 1660. The Morgan fingerprint density at radius 2 is 0.650 bits per heavy atom. The molecule has 40 heavy (non-hydrogen) atoms. The van der Waals surface area contributed by atoms with Crippen molar-refractivity contribution in [1.82, 2.24) is 0 Å². The molecular weight excluding hydrogens is 512 g/mol. The van der Waals surface area contributed by atoms with Crippen LogP contribution < -0.4 is 0 Å². The van der Waals surface area contributed by atoms with Crippen molar-refractivity contribution >= 4 is 23.9 Å². The van der Waals surface area contributed by atoms with Gasteiger partial charge in [-0.15, -0.1) is 0 Å². The molecule has 0 radical (unpaired) electrons. The summed E-state index contributed by atoms with van der Waals surface area (Å²) in [5.74, 6) is 6.24. The fourth-order valence-corrected chi connectivity index (χ4v) is 3.75. The molecular formula is C32H18O8. The van der Waals surface area contributed by atoms with Crippen molar-refractivity contribution in [3.05, 3.63) is 129 Å². The third kappa shape index (κ3) is 6.23. The van der Waals surface area contributed by atoms with Gasteiger partial charge in [0.1, 0.15) is 0 Å². The summed E-state index contributed by atoms with van der Waals surface area (Å²) in [5, 5.41) is 36.8. The first-order valence-electron chi connectivity index (χ1n) is 11.6. The van der Waals surface area contributed by atoms with Gasteiger partial charge in [-0.1, -0.05) is 47.9 Å². The van der Waals surface area contributed by atoms with Crippen molar-refractivity contribution in [2.75, 3.05) is 0 Å². The summed E-state index contributed by atoms with van der Waals surface area (Å²) < 4.78 is 0. The Morgan fingerprint density at radius 3 is 0.950 bits per heavy atom. The Labute approximate surface area is 227 Å². The predicted molar refractivity (Wildman–Crippen MR) is 145 cm³/mol. The SMILES string of the molecule is O=C(O)c1ccc(C#Cc2ccc(-c3ccc(C#Cc4ccc(C(=O)O)c(C(=O)O)c4)cc3)cc2)cc1C(=O)O. The van der Waals surface area contributed by atoms with E-state index in [1.54, 1.807) is 24.3 Å². The van der Waals surface area contributed by atoms with Crippen LogP contribution in [0.5, 0.6) is 0 Å². The minimum absolute atomic E-state index is 0.305. The number of benzene rings is 4. The van der Waals surface area contributed by atoms with Crippen molar-refractivity contribution in [3.8, 4) is 34.8 Å². The minimum Gasteiger partial charge on any atom is -0.478 e. The molecule has 0 spiro atoms. The number of carboxylic acids is 4. The molecule has 0 saturated carbocycles. The van der Waals surface area contributed by atoms with Crippen molar-refractivity contribution in [1.29, 1.82) is 0 Å². The topological polar surface area (TPSA) is 149 Å². The first-order chi connectivity index (χ1) is 19.1. The summed E-state index contributed by atoms with van der Waals surface area (Å²) in [6.45, 7) is 0. The lowest BCUT2D eigenvalue weighted by molar-refractivity contribution is 0.0651. The normalized spacial score (nSPS) is 9.90. The molecule has 4 aromatic carbocycles. The van der Waals surface area contributed by atoms with Crippen LogP contribution in [-0.4, -0.2) is 44.3 Å². The number of rotatable bonds is 5. The van der Waals surface area contributed by atoms with Crippen LogP contribution in [0, 0.1) is 23.7 Å². The first-order valence-corrected chi connectivity index (χ1v) is 11.6. The number of carbonyl (C=O) groups is 4. The van der Waals surface area contributed by atoms with Gasteiger partial charge in [0.05, 0.1) is 22.3 Å². The van der Waals surface area contributed by atoms with Crippen molar-refractivity contribution < 1.29 is 39.6 Å². The van der Waals surface area contributed by atoms with E-state index < -0.39 is 23.9 Å². The van der Waals surface area contributed by atoms with Gasteiger partial charge in [0.25, 0.3) is 0 Å². The molecule has 0 heterocycles. The van der Waals surface area contributed by atoms with Gasteiger partial charge in [-0.05, 0) is 71.8 Å². The highest BCUT2D eigenvalue weighted by Gasteiger charge is 2.16. The van der Waals surface area contributed by atoms with Crippen molar-refractivity contribution in [2.24, 2.45) is 0 Å². The second kappa shape index (κ2) is 11.5. The van der Waals surface area contributed by atoms with Crippen LogP contribution in [-0.2, 0) is 0 Å². The number of hydrogen-bond donors (Lipinski definition) is 4. The molecule has 0 atom stereocenters. The zero-order chi connectivity index (χ0) is 28.8. The van der Waals surface area contributed by atoms with Gasteiger partial charge in [0, 0.05) is 22.3 Å². The highest BCUT2D eigenvalue weighted by Crippen LogP contribution is 2.21. The molecule has 0 aliphatic carbocycles. The Kier molecular flexibility index (Phi) is 7.75. The van der Waals surface area contributed by atoms with Crippen molar-refractivity contribution in [2.45, 2.75) is 0 Å². The molecule has 0 saturated heterocycles. The molecule has 0 aromatic heterocycles. The molecule has 4 N–H and O–H groups in total. The second-order valence-corrected chi connectivity index (χ2v) is 8.40. The molecule has 4 rings (SSSR count). The highest BCUT2D eigenvalue weighted by molar-refractivity contribution is 6.02. The van der Waals surface area contributed by atoms with E-state index in [0.29, 0.717) is 22.3 Å². The van der Waals surface area contributed by atoms with E-state index in [1.165, 1.54) is 36.4 Å². The van der Waals surface area contributed by atoms with Gasteiger partial charge < -0.3 is 20.4 Å². The average molecular weight is 530 g/mol. The molecule has 0 amide bonds. The molecule has 0 aliphatic heterocycles. The molecule has 8 nitrogen and oxygen atoms in total. The van der Waals surface area contributed by atoms with E-state index in [4.69, 9.17) is 10.2 Å². The molecule has 0 fully saturated rings. The lowest BCUT2D eigenvalue weighted by Crippen LogP contribution is -2.08. The van der Waals surface area contributed by atoms with Crippen LogP contribution in [0.2, 0.25) is 0 Å². The van der Waals surface area contributed by atoms with E-state index in [1.807, 2.05) is 24.3 Å². The fourth-order valence-electron chi connectivity index (χ4n) is 3.75. The fraction of sp³-hybridized carbons (Fsp3) is 0. The highest BCUT2D eigenvalue weighted by atomic mass is 16.4. The first kappa shape index (κ1) is 26.9. The van der Waals surface area contributed by atoms with Gasteiger partial charge in [0.15, 0.2) is 0 Å². The van der Waals surface area contributed by atoms with Crippen LogP contribution >= 0.6 is 0 Å². The summed E-state index contributed by atoms with van der Waals surface area (Å²) in [4.78, 5) is 45.1. The number of hydrogen-bond acceptors (Lipinski definition) is 4. The predicted octanol–water partition coefficient (Wildman–Crippen LogP) is 4.95. The molecule has 194 valence electrons. The Morgan fingerprint density at radius 1 is 0.375 bits per heavy atom. The van der Waals surface area contributed by atoms with E-state index in [0.717, 1.165) is 11.1 Å². The van der Waals surface area contributed by atoms with Gasteiger partial charge in [-0.3, -0.25) is 0 Å². The van der Waals surface area contributed by atoms with Crippen LogP contribution in [0.25, 0.3) is 11.1 Å². The molecule has 8 heteroatoms. The quantitative estimate of drug-likeness (QED) is 0.265. The zero-order valence-electron chi connectivity index (χ0n) is 20.5. The van der Waals surface area contributed by atoms with Crippen LogP contribution in [0.3, 0.4) is 0 Å². The average Bonchev–Trinajstić information content (AvgIpc) is 2.95. The van der Waals surface area contributed by atoms with Crippen molar-refractivity contribution in [3.63, 3.8) is 0 Å². The summed E-state index contributed by atoms with van der Waals surface area (Å²) in [6, 6.07) is 22.5. The Hall–Kier alpha value is -6.12. The number of carboxylic acid groups (broad SMARTS) is 4. The zero-order valence-corrected chi connectivity index (χ0v) is 20.5. The van der Waals surface area contributed by atoms with E-state index in [2.05, 4.69) is 23.7 Å². The molecule has 0 aliphatic rings. The monoisotopic (exact) mass is 530 g/mol. The maximum Gasteiger partial charge on any atom is 0.336 e. The maximum absolute atomic E-state index is 11.4. The smallest absolute Gasteiger partial charge is 0.336 e. The van der Waals surface area contributed by atoms with Crippen LogP contribution in [0.4, 0.5) is 0 Å². The van der Waals surface area contributed by atoms with Crippen LogP contribution in [0.1, 0.15) is 63.7 Å². The van der Waals surface area contributed by atoms with E-state index >= 15 is 0 Å². The van der Waals surface area contributed by atoms with Gasteiger partial charge in [-0.2, -0.15) is 0 Å². The van der Waals surface area contributed by atoms with Gasteiger partial charge in [-0.25, -0.2) is 19.2 Å². The van der Waals surface area contributed by atoms with Gasteiger partial charge in [0.2, 0.25) is 0 Å². The number of aromatic carboxylic acids is 4. The van der Waals surface area contributed by atoms with E-state index in [9.17, 15) is 29.4 Å². The van der Waals surface area contributed by atoms with Crippen LogP contribution in [0.15, 0.2) is 84.9 Å². The summed E-state index contributed by atoms with van der Waals surface area (Å²) in [6.07, 6.45) is 0.